The van der Waals surface area contributed by atoms with Crippen molar-refractivity contribution in [2.24, 2.45) is 0 Å². The normalized spacial score (nSPS) is 16.1. The average Bonchev–Trinajstić information content (AvgIpc) is 3.51. The molecule has 2 aliphatic rings. The first-order chi connectivity index (χ1) is 17.5. The number of hydrogen-bond donors (Lipinski definition) is 2. The zero-order valence-electron chi connectivity index (χ0n) is 20.6. The summed E-state index contributed by atoms with van der Waals surface area (Å²) in [7, 11) is 0. The molecule has 2 N–H and O–H groups in total. The Balaban J connectivity index is 1.36. The number of fused-ring (bicyclic) bond motifs is 1. The maximum absolute atomic E-state index is 14.5. The van der Waals surface area contributed by atoms with E-state index in [0.29, 0.717) is 42.9 Å². The van der Waals surface area contributed by atoms with Crippen LogP contribution >= 0.6 is 0 Å². The van der Waals surface area contributed by atoms with E-state index in [1.54, 1.807) is 29.2 Å². The summed E-state index contributed by atoms with van der Waals surface area (Å²) < 4.78 is 20.4. The van der Waals surface area contributed by atoms with Gasteiger partial charge in [-0.2, -0.15) is 0 Å². The third kappa shape index (κ3) is 6.20. The predicted octanol–water partition coefficient (Wildman–Crippen LogP) is 3.31. The highest BCUT2D eigenvalue weighted by Crippen LogP contribution is 2.32. The lowest BCUT2D eigenvalue weighted by atomic mass is 10.1. The largest absolute Gasteiger partial charge is 0.492 e. The monoisotopic (exact) mass is 496 g/mol. The Bertz CT molecular complexity index is 1100. The number of amides is 3. The Hall–Kier alpha value is -3.46. The lowest BCUT2D eigenvalue weighted by molar-refractivity contribution is -0.125. The van der Waals surface area contributed by atoms with Gasteiger partial charge in [-0.15, -0.1) is 0 Å². The number of hydrogen-bond acceptors (Lipinski definition) is 6. The molecule has 1 fully saturated rings. The SMILES string of the molecule is C[C@H](CCC(=O)NC=O)N1Cc2c(NCc3cc(OCCN4CCCC4)ccc3F)cccc2C1=O. The van der Waals surface area contributed by atoms with Crippen LogP contribution in [0.1, 0.15) is 54.1 Å². The molecule has 0 aliphatic carbocycles. The third-order valence-corrected chi connectivity index (χ3v) is 6.90. The molecule has 0 saturated carbocycles. The molecule has 3 amide bonds. The molecule has 4 rings (SSSR count). The summed E-state index contributed by atoms with van der Waals surface area (Å²) in [4.78, 5) is 39.1. The predicted molar refractivity (Wildman–Crippen MR) is 134 cm³/mol. The van der Waals surface area contributed by atoms with E-state index in [2.05, 4.69) is 15.5 Å². The Morgan fingerprint density at radius 3 is 2.81 bits per heavy atom. The Morgan fingerprint density at radius 1 is 1.22 bits per heavy atom. The van der Waals surface area contributed by atoms with Crippen LogP contribution in [0.4, 0.5) is 10.1 Å². The molecule has 1 saturated heterocycles. The lowest BCUT2D eigenvalue weighted by Gasteiger charge is -2.24. The van der Waals surface area contributed by atoms with Gasteiger partial charge in [-0.3, -0.25) is 24.6 Å². The second-order valence-corrected chi connectivity index (χ2v) is 9.34. The fourth-order valence-corrected chi connectivity index (χ4v) is 4.78. The molecule has 1 atom stereocenters. The van der Waals surface area contributed by atoms with Gasteiger partial charge in [-0.05, 0) is 69.6 Å². The molecule has 0 radical (unpaired) electrons. The number of ether oxygens (including phenoxy) is 1. The van der Waals surface area contributed by atoms with E-state index >= 15 is 0 Å². The summed E-state index contributed by atoms with van der Waals surface area (Å²) in [6.07, 6.45) is 3.42. The summed E-state index contributed by atoms with van der Waals surface area (Å²) in [6.45, 7) is 6.19. The van der Waals surface area contributed by atoms with Gasteiger partial charge in [0.2, 0.25) is 12.3 Å². The number of anilines is 1. The number of carbonyl (C=O) groups excluding carboxylic acids is 3. The Labute approximate surface area is 210 Å². The van der Waals surface area contributed by atoms with Crippen LogP contribution in [0.25, 0.3) is 0 Å². The molecule has 2 aromatic rings. The maximum atomic E-state index is 14.5. The van der Waals surface area contributed by atoms with Gasteiger partial charge in [-0.25, -0.2) is 4.39 Å². The van der Waals surface area contributed by atoms with Gasteiger partial charge in [0, 0.05) is 54.5 Å². The van der Waals surface area contributed by atoms with Gasteiger partial charge >= 0.3 is 0 Å². The Kier molecular flexibility index (Phi) is 8.53. The van der Waals surface area contributed by atoms with Crippen LogP contribution in [-0.4, -0.2) is 60.3 Å². The second-order valence-electron chi connectivity index (χ2n) is 9.34. The van der Waals surface area contributed by atoms with Gasteiger partial charge in [0.15, 0.2) is 0 Å². The molecule has 2 aliphatic heterocycles. The van der Waals surface area contributed by atoms with Gasteiger partial charge in [0.25, 0.3) is 5.91 Å². The summed E-state index contributed by atoms with van der Waals surface area (Å²) in [6, 6.07) is 10.1. The average molecular weight is 497 g/mol. The van der Waals surface area contributed by atoms with Crippen LogP contribution in [0.15, 0.2) is 36.4 Å². The number of benzene rings is 2. The Morgan fingerprint density at radius 2 is 2.03 bits per heavy atom. The zero-order valence-corrected chi connectivity index (χ0v) is 20.6. The highest BCUT2D eigenvalue weighted by atomic mass is 19.1. The van der Waals surface area contributed by atoms with Crippen molar-refractivity contribution in [3.05, 3.63) is 58.9 Å². The molecule has 9 heteroatoms. The smallest absolute Gasteiger partial charge is 0.254 e. The summed E-state index contributed by atoms with van der Waals surface area (Å²) in [5, 5.41) is 5.41. The van der Waals surface area contributed by atoms with Crippen molar-refractivity contribution >= 4 is 23.9 Å². The topological polar surface area (TPSA) is 91.0 Å². The molecular formula is C27H33FN4O4. The number of carbonyl (C=O) groups is 3. The van der Waals surface area contributed by atoms with Crippen LogP contribution in [0.5, 0.6) is 5.75 Å². The van der Waals surface area contributed by atoms with Gasteiger partial charge in [-0.1, -0.05) is 6.07 Å². The maximum Gasteiger partial charge on any atom is 0.254 e. The van der Waals surface area contributed by atoms with Crippen LogP contribution in [-0.2, 0) is 22.7 Å². The van der Waals surface area contributed by atoms with Gasteiger partial charge in [0.1, 0.15) is 18.2 Å². The first-order valence-corrected chi connectivity index (χ1v) is 12.5. The molecule has 0 aromatic heterocycles. The first kappa shape index (κ1) is 25.6. The van der Waals surface area contributed by atoms with Crippen LogP contribution < -0.4 is 15.4 Å². The molecule has 192 valence electrons. The van der Waals surface area contributed by atoms with E-state index in [0.717, 1.165) is 30.9 Å². The van der Waals surface area contributed by atoms with E-state index in [-0.39, 0.29) is 36.6 Å². The zero-order chi connectivity index (χ0) is 25.5. The minimum absolute atomic E-state index is 0.100. The molecule has 0 spiro atoms. The summed E-state index contributed by atoms with van der Waals surface area (Å²) >= 11 is 0. The van der Waals surface area contributed by atoms with E-state index in [1.165, 1.54) is 18.9 Å². The molecule has 36 heavy (non-hydrogen) atoms. The first-order valence-electron chi connectivity index (χ1n) is 12.5. The molecule has 8 nitrogen and oxygen atoms in total. The molecule has 0 unspecified atom stereocenters. The highest BCUT2D eigenvalue weighted by molar-refractivity contribution is 6.00. The fourth-order valence-electron chi connectivity index (χ4n) is 4.78. The van der Waals surface area contributed by atoms with E-state index < -0.39 is 0 Å². The molecular weight excluding hydrogens is 463 g/mol. The molecule has 2 aromatic carbocycles. The van der Waals surface area contributed by atoms with Crippen molar-refractivity contribution in [3.63, 3.8) is 0 Å². The van der Waals surface area contributed by atoms with E-state index in [9.17, 15) is 18.8 Å². The van der Waals surface area contributed by atoms with Gasteiger partial charge < -0.3 is 15.0 Å². The van der Waals surface area contributed by atoms with Gasteiger partial charge in [0.05, 0.1) is 0 Å². The number of imide groups is 1. The summed E-state index contributed by atoms with van der Waals surface area (Å²) in [5.41, 5.74) is 2.71. The van der Waals surface area contributed by atoms with E-state index in [4.69, 9.17) is 4.74 Å². The number of nitrogens with zero attached hydrogens (tertiary/aromatic N) is 2. The van der Waals surface area contributed by atoms with Crippen molar-refractivity contribution in [2.45, 2.75) is 51.7 Å². The van der Waals surface area contributed by atoms with Crippen molar-refractivity contribution < 1.29 is 23.5 Å². The second kappa shape index (κ2) is 12.0. The number of halogens is 1. The standard InChI is InChI=1S/C27H33FN4O4/c1-19(7-10-26(34)30-18-33)32-17-23-22(27(32)35)5-4-6-25(23)29-16-20-15-21(8-9-24(20)28)36-14-13-31-11-2-3-12-31/h4-6,8-9,15,18-19,29H,2-3,7,10-14,16-17H2,1H3,(H,30,33,34)/t19-/m1/s1. The fraction of sp³-hybridized carbons (Fsp3) is 0.444. The number of rotatable bonds is 12. The molecule has 2 heterocycles. The lowest BCUT2D eigenvalue weighted by Crippen LogP contribution is -2.34. The number of likely N-dealkylation sites (tertiary alicyclic amines) is 1. The number of nitrogens with one attached hydrogen (secondary N) is 2. The van der Waals surface area contributed by atoms with Crippen molar-refractivity contribution in [2.75, 3.05) is 31.6 Å². The quantitative estimate of drug-likeness (QED) is 0.438. The van der Waals surface area contributed by atoms with E-state index in [1.807, 2.05) is 13.0 Å². The summed E-state index contributed by atoms with van der Waals surface area (Å²) in [5.74, 6) is -0.148. The van der Waals surface area contributed by atoms with Crippen molar-refractivity contribution in [1.29, 1.82) is 0 Å². The minimum atomic E-state index is -0.368. The highest BCUT2D eigenvalue weighted by Gasteiger charge is 2.32. The minimum Gasteiger partial charge on any atom is -0.492 e. The third-order valence-electron chi connectivity index (χ3n) is 6.90. The van der Waals surface area contributed by atoms with Crippen LogP contribution in [0.3, 0.4) is 0 Å². The van der Waals surface area contributed by atoms with Crippen LogP contribution in [0.2, 0.25) is 0 Å². The molecule has 0 bridgehead atoms. The van der Waals surface area contributed by atoms with Crippen molar-refractivity contribution in [1.82, 2.24) is 15.1 Å². The van der Waals surface area contributed by atoms with Crippen LogP contribution in [0, 0.1) is 5.82 Å². The van der Waals surface area contributed by atoms with Crippen molar-refractivity contribution in [3.8, 4) is 5.75 Å².